The highest BCUT2D eigenvalue weighted by molar-refractivity contribution is 4.91. The summed E-state index contributed by atoms with van der Waals surface area (Å²) in [6.07, 6.45) is 6.90. The van der Waals surface area contributed by atoms with E-state index < -0.39 is 5.60 Å². The van der Waals surface area contributed by atoms with Gasteiger partial charge in [-0.25, -0.2) is 0 Å². The van der Waals surface area contributed by atoms with Gasteiger partial charge in [-0.1, -0.05) is 12.8 Å². The molecule has 0 unspecified atom stereocenters. The Hall–Kier alpha value is -0.160. The van der Waals surface area contributed by atoms with Crippen molar-refractivity contribution in [3.05, 3.63) is 0 Å². The average Bonchev–Trinajstić information content (AvgIpc) is 2.77. The number of rotatable bonds is 6. The number of aliphatic hydroxyl groups is 1. The van der Waals surface area contributed by atoms with Crippen LogP contribution in [0.4, 0.5) is 0 Å². The summed E-state index contributed by atoms with van der Waals surface area (Å²) in [5, 5.41) is 14.0. The van der Waals surface area contributed by atoms with Crippen molar-refractivity contribution in [1.82, 2.24) is 10.2 Å². The maximum Gasteiger partial charge on any atom is 0.0817 e. The average molecular weight is 270 g/mol. The third-order valence-corrected chi connectivity index (χ3v) is 4.81. The lowest BCUT2D eigenvalue weighted by molar-refractivity contribution is -0.0801. The fourth-order valence-corrected chi connectivity index (χ4v) is 3.93. The van der Waals surface area contributed by atoms with E-state index in [0.717, 1.165) is 32.5 Å². The Bertz CT molecular complexity index is 271. The van der Waals surface area contributed by atoms with E-state index in [1.807, 2.05) is 7.05 Å². The Kier molecular flexibility index (Phi) is 5.23. The fourth-order valence-electron chi connectivity index (χ4n) is 3.93. The van der Waals surface area contributed by atoms with Crippen molar-refractivity contribution in [3.8, 4) is 0 Å². The van der Waals surface area contributed by atoms with Crippen molar-refractivity contribution in [2.24, 2.45) is 5.41 Å². The molecule has 19 heavy (non-hydrogen) atoms. The second-order valence-electron chi connectivity index (χ2n) is 6.75. The van der Waals surface area contributed by atoms with Crippen molar-refractivity contribution < 1.29 is 9.84 Å². The molecule has 1 aliphatic carbocycles. The van der Waals surface area contributed by atoms with Gasteiger partial charge in [0, 0.05) is 45.7 Å². The zero-order valence-corrected chi connectivity index (χ0v) is 12.6. The second kappa shape index (κ2) is 6.53. The first-order chi connectivity index (χ1) is 9.08. The molecule has 2 N–H and O–H groups in total. The molecule has 0 atom stereocenters. The SMILES string of the molecule is CNCC1(CN(C)CC2(O)CCOCC2)CCCC1. The van der Waals surface area contributed by atoms with E-state index in [4.69, 9.17) is 4.74 Å². The van der Waals surface area contributed by atoms with Gasteiger partial charge in [0.05, 0.1) is 5.60 Å². The van der Waals surface area contributed by atoms with Crippen LogP contribution in [0.25, 0.3) is 0 Å². The molecule has 4 nitrogen and oxygen atoms in total. The summed E-state index contributed by atoms with van der Waals surface area (Å²) in [5.41, 5.74) is -0.114. The van der Waals surface area contributed by atoms with Gasteiger partial charge < -0.3 is 20.1 Å². The first-order valence-corrected chi connectivity index (χ1v) is 7.71. The van der Waals surface area contributed by atoms with Gasteiger partial charge in [-0.2, -0.15) is 0 Å². The first-order valence-electron chi connectivity index (χ1n) is 7.71. The molecule has 0 bridgehead atoms. The van der Waals surface area contributed by atoms with Crippen LogP contribution in [-0.4, -0.2) is 62.6 Å². The van der Waals surface area contributed by atoms with E-state index in [-0.39, 0.29) is 0 Å². The van der Waals surface area contributed by atoms with Gasteiger partial charge in [0.1, 0.15) is 0 Å². The third-order valence-electron chi connectivity index (χ3n) is 4.81. The van der Waals surface area contributed by atoms with Crippen LogP contribution in [0.3, 0.4) is 0 Å². The molecular weight excluding hydrogens is 240 g/mol. The molecule has 1 saturated heterocycles. The predicted molar refractivity (Wildman–Crippen MR) is 77.3 cm³/mol. The Morgan fingerprint density at radius 3 is 2.32 bits per heavy atom. The quantitative estimate of drug-likeness (QED) is 0.762. The second-order valence-corrected chi connectivity index (χ2v) is 6.75. The molecular formula is C15H30N2O2. The van der Waals surface area contributed by atoms with E-state index >= 15 is 0 Å². The predicted octanol–water partition coefficient (Wildman–Crippen LogP) is 1.24. The van der Waals surface area contributed by atoms with Gasteiger partial charge in [-0.15, -0.1) is 0 Å². The van der Waals surface area contributed by atoms with Gasteiger partial charge in [-0.05, 0) is 32.4 Å². The summed E-state index contributed by atoms with van der Waals surface area (Å²) in [5.74, 6) is 0. The highest BCUT2D eigenvalue weighted by Gasteiger charge is 2.37. The molecule has 0 spiro atoms. The molecule has 112 valence electrons. The van der Waals surface area contributed by atoms with E-state index in [1.54, 1.807) is 0 Å². The number of hydrogen-bond acceptors (Lipinski definition) is 4. The van der Waals surface area contributed by atoms with Crippen LogP contribution in [0.2, 0.25) is 0 Å². The highest BCUT2D eigenvalue weighted by atomic mass is 16.5. The van der Waals surface area contributed by atoms with Crippen LogP contribution in [0.15, 0.2) is 0 Å². The molecule has 2 fully saturated rings. The van der Waals surface area contributed by atoms with Crippen molar-refractivity contribution in [1.29, 1.82) is 0 Å². The zero-order valence-electron chi connectivity index (χ0n) is 12.6. The maximum atomic E-state index is 10.6. The Morgan fingerprint density at radius 2 is 1.74 bits per heavy atom. The van der Waals surface area contributed by atoms with Gasteiger partial charge >= 0.3 is 0 Å². The summed E-state index contributed by atoms with van der Waals surface area (Å²) in [6, 6.07) is 0. The minimum Gasteiger partial charge on any atom is -0.388 e. The van der Waals surface area contributed by atoms with Gasteiger partial charge in [-0.3, -0.25) is 0 Å². The summed E-state index contributed by atoms with van der Waals surface area (Å²) >= 11 is 0. The largest absolute Gasteiger partial charge is 0.388 e. The van der Waals surface area contributed by atoms with Gasteiger partial charge in [0.25, 0.3) is 0 Å². The van der Waals surface area contributed by atoms with Gasteiger partial charge in [0.2, 0.25) is 0 Å². The topological polar surface area (TPSA) is 44.7 Å². The normalized spacial score (nSPS) is 25.9. The first kappa shape index (κ1) is 15.2. The summed E-state index contributed by atoms with van der Waals surface area (Å²) in [4.78, 5) is 2.34. The Balaban J connectivity index is 1.86. The molecule has 0 amide bonds. The van der Waals surface area contributed by atoms with Crippen molar-refractivity contribution >= 4 is 0 Å². The number of ether oxygens (including phenoxy) is 1. The third kappa shape index (κ3) is 4.15. The molecule has 1 aliphatic heterocycles. The minimum absolute atomic E-state index is 0.422. The standard InChI is InChI=1S/C15H30N2O2/c1-16-11-14(5-3-4-6-14)12-17(2)13-15(18)7-9-19-10-8-15/h16,18H,3-13H2,1-2H3. The Labute approximate surface area is 117 Å². The van der Waals surface area contributed by atoms with Crippen LogP contribution >= 0.6 is 0 Å². The van der Waals surface area contributed by atoms with Crippen LogP contribution in [0.5, 0.6) is 0 Å². The van der Waals surface area contributed by atoms with Crippen LogP contribution in [-0.2, 0) is 4.74 Å². The Morgan fingerprint density at radius 1 is 1.11 bits per heavy atom. The lowest BCUT2D eigenvalue weighted by Crippen LogP contribution is -2.49. The van der Waals surface area contributed by atoms with Gasteiger partial charge in [0.15, 0.2) is 0 Å². The van der Waals surface area contributed by atoms with Crippen LogP contribution < -0.4 is 5.32 Å². The maximum absolute atomic E-state index is 10.6. The van der Waals surface area contributed by atoms with E-state index in [1.165, 1.54) is 25.7 Å². The lowest BCUT2D eigenvalue weighted by atomic mass is 9.84. The summed E-state index contributed by atoms with van der Waals surface area (Å²) < 4.78 is 5.35. The molecule has 0 radical (unpaired) electrons. The van der Waals surface area contributed by atoms with E-state index in [9.17, 15) is 5.11 Å². The number of nitrogens with zero attached hydrogens (tertiary/aromatic N) is 1. The molecule has 4 heteroatoms. The lowest BCUT2D eigenvalue weighted by Gasteiger charge is -2.39. The van der Waals surface area contributed by atoms with Crippen molar-refractivity contribution in [3.63, 3.8) is 0 Å². The molecule has 2 aliphatic rings. The smallest absolute Gasteiger partial charge is 0.0817 e. The van der Waals surface area contributed by atoms with E-state index in [0.29, 0.717) is 18.6 Å². The minimum atomic E-state index is -0.535. The van der Waals surface area contributed by atoms with E-state index in [2.05, 4.69) is 17.3 Å². The van der Waals surface area contributed by atoms with Crippen LogP contribution in [0.1, 0.15) is 38.5 Å². The summed E-state index contributed by atoms with van der Waals surface area (Å²) in [7, 11) is 4.20. The fraction of sp³-hybridized carbons (Fsp3) is 1.00. The van der Waals surface area contributed by atoms with Crippen molar-refractivity contribution in [2.45, 2.75) is 44.1 Å². The molecule has 0 aromatic rings. The molecule has 0 aromatic heterocycles. The molecule has 2 rings (SSSR count). The molecule has 1 saturated carbocycles. The monoisotopic (exact) mass is 270 g/mol. The summed E-state index contributed by atoms with van der Waals surface area (Å²) in [6.45, 7) is 4.37. The number of nitrogens with one attached hydrogen (secondary N) is 1. The van der Waals surface area contributed by atoms with Crippen molar-refractivity contribution in [2.75, 3.05) is 46.9 Å². The molecule has 1 heterocycles. The highest BCUT2D eigenvalue weighted by Crippen LogP contribution is 2.38. The van der Waals surface area contributed by atoms with Crippen LogP contribution in [0, 0.1) is 5.41 Å². The number of likely N-dealkylation sites (N-methyl/N-ethyl adjacent to an activating group) is 1. The number of hydrogen-bond donors (Lipinski definition) is 2. The zero-order chi connectivity index (χ0) is 13.8. The molecule has 0 aromatic carbocycles.